The number of amides is 1. The molecule has 0 aliphatic heterocycles. The van der Waals surface area contributed by atoms with Crippen LogP contribution in [0.25, 0.3) is 0 Å². The lowest BCUT2D eigenvalue weighted by Gasteiger charge is -2.10. The Balaban J connectivity index is 1.63. The van der Waals surface area contributed by atoms with Crippen molar-refractivity contribution in [1.82, 2.24) is 15.1 Å². The second-order valence-corrected chi connectivity index (χ2v) is 6.90. The first-order valence-corrected chi connectivity index (χ1v) is 9.63. The van der Waals surface area contributed by atoms with Gasteiger partial charge in [-0.1, -0.05) is 35.9 Å². The lowest BCUT2D eigenvalue weighted by molar-refractivity contribution is 0.0946. The van der Waals surface area contributed by atoms with Crippen molar-refractivity contribution in [2.75, 3.05) is 20.8 Å². The van der Waals surface area contributed by atoms with E-state index in [1.54, 1.807) is 14.2 Å². The molecule has 0 aliphatic carbocycles. The molecular formula is C23H25N3O4. The summed E-state index contributed by atoms with van der Waals surface area (Å²) in [5.41, 5.74) is 3.04. The monoisotopic (exact) mass is 407 g/mol. The van der Waals surface area contributed by atoms with E-state index in [0.717, 1.165) is 16.7 Å². The number of benzene rings is 2. The van der Waals surface area contributed by atoms with Crippen molar-refractivity contribution in [1.29, 1.82) is 0 Å². The maximum atomic E-state index is 12.5. The highest BCUT2D eigenvalue weighted by atomic mass is 16.5. The number of aryl methyl sites for hydroxylation is 1. The maximum Gasteiger partial charge on any atom is 0.271 e. The quantitative estimate of drug-likeness (QED) is 0.621. The van der Waals surface area contributed by atoms with E-state index in [1.807, 2.05) is 49.4 Å². The first-order chi connectivity index (χ1) is 14.5. The molecule has 0 spiro atoms. The largest absolute Gasteiger partial charge is 0.493 e. The van der Waals surface area contributed by atoms with Crippen molar-refractivity contribution in [2.24, 2.45) is 0 Å². The van der Waals surface area contributed by atoms with E-state index in [4.69, 9.17) is 9.47 Å². The summed E-state index contributed by atoms with van der Waals surface area (Å²) in [5, 5.41) is 7.06. The van der Waals surface area contributed by atoms with Crippen molar-refractivity contribution in [3.8, 4) is 11.5 Å². The topological polar surface area (TPSA) is 82.5 Å². The molecule has 3 rings (SSSR count). The van der Waals surface area contributed by atoms with Crippen molar-refractivity contribution < 1.29 is 14.3 Å². The molecule has 0 radical (unpaired) electrons. The Morgan fingerprint density at radius 2 is 1.67 bits per heavy atom. The number of carbonyl (C=O) groups excluding carboxylic acids is 1. The molecule has 1 aromatic heterocycles. The molecule has 0 saturated carbocycles. The summed E-state index contributed by atoms with van der Waals surface area (Å²) in [7, 11) is 3.17. The minimum atomic E-state index is -0.326. The van der Waals surface area contributed by atoms with Crippen molar-refractivity contribution in [2.45, 2.75) is 19.9 Å². The van der Waals surface area contributed by atoms with Gasteiger partial charge in [0.2, 0.25) is 0 Å². The van der Waals surface area contributed by atoms with E-state index in [-0.39, 0.29) is 17.2 Å². The van der Waals surface area contributed by atoms with Crippen LogP contribution in [0.4, 0.5) is 0 Å². The molecular weight excluding hydrogens is 382 g/mol. The number of hydrogen-bond acceptors (Lipinski definition) is 5. The maximum absolute atomic E-state index is 12.5. The Morgan fingerprint density at radius 1 is 0.967 bits per heavy atom. The van der Waals surface area contributed by atoms with E-state index >= 15 is 0 Å². The van der Waals surface area contributed by atoms with Gasteiger partial charge in [-0.15, -0.1) is 0 Å². The van der Waals surface area contributed by atoms with Crippen LogP contribution in [0.5, 0.6) is 11.5 Å². The van der Waals surface area contributed by atoms with E-state index < -0.39 is 0 Å². The van der Waals surface area contributed by atoms with Gasteiger partial charge in [0.25, 0.3) is 11.5 Å². The molecule has 0 unspecified atom stereocenters. The molecule has 0 saturated heterocycles. The van der Waals surface area contributed by atoms with E-state index in [2.05, 4.69) is 10.4 Å². The predicted octanol–water partition coefficient (Wildman–Crippen LogP) is 2.59. The third kappa shape index (κ3) is 5.26. The fourth-order valence-corrected chi connectivity index (χ4v) is 3.00. The van der Waals surface area contributed by atoms with Crippen molar-refractivity contribution in [3.05, 3.63) is 87.3 Å². The van der Waals surface area contributed by atoms with Gasteiger partial charge >= 0.3 is 0 Å². The van der Waals surface area contributed by atoms with Crippen LogP contribution in [0.3, 0.4) is 0 Å². The molecule has 2 aromatic carbocycles. The first-order valence-electron chi connectivity index (χ1n) is 9.63. The molecule has 0 fully saturated rings. The third-order valence-electron chi connectivity index (χ3n) is 4.70. The summed E-state index contributed by atoms with van der Waals surface area (Å²) in [4.78, 5) is 24.6. The summed E-state index contributed by atoms with van der Waals surface area (Å²) in [6, 6.07) is 16.3. The van der Waals surface area contributed by atoms with E-state index in [9.17, 15) is 9.59 Å². The Kier molecular flexibility index (Phi) is 6.85. The van der Waals surface area contributed by atoms with Crippen LogP contribution < -0.4 is 20.3 Å². The lowest BCUT2D eigenvalue weighted by atomic mass is 10.1. The van der Waals surface area contributed by atoms with Crippen LogP contribution in [-0.2, 0) is 13.0 Å². The average molecular weight is 407 g/mol. The number of nitrogens with one attached hydrogen (secondary N) is 1. The molecule has 1 amide bonds. The molecule has 7 heteroatoms. The van der Waals surface area contributed by atoms with Crippen LogP contribution in [0.1, 0.15) is 27.2 Å². The Labute approximate surface area is 175 Å². The SMILES string of the molecule is COc1ccc(CCNC(=O)c2ccc(=O)n(Cc3ccc(C)cc3)n2)cc1OC. The predicted molar refractivity (Wildman–Crippen MR) is 114 cm³/mol. The molecule has 3 aromatic rings. The van der Waals surface area contributed by atoms with E-state index in [1.165, 1.54) is 16.8 Å². The van der Waals surface area contributed by atoms with E-state index in [0.29, 0.717) is 31.0 Å². The molecule has 0 atom stereocenters. The normalized spacial score (nSPS) is 10.5. The second kappa shape index (κ2) is 9.73. The smallest absolute Gasteiger partial charge is 0.271 e. The molecule has 156 valence electrons. The molecule has 7 nitrogen and oxygen atoms in total. The summed E-state index contributed by atoms with van der Waals surface area (Å²) in [6.45, 7) is 2.74. The molecule has 0 aliphatic rings. The van der Waals surface area contributed by atoms with Gasteiger partial charge in [0.15, 0.2) is 11.5 Å². The third-order valence-corrected chi connectivity index (χ3v) is 4.70. The number of nitrogens with zero attached hydrogens (tertiary/aromatic N) is 2. The fraction of sp³-hybridized carbons (Fsp3) is 0.261. The molecule has 1 N–H and O–H groups in total. The van der Waals surface area contributed by atoms with Crippen LogP contribution >= 0.6 is 0 Å². The highest BCUT2D eigenvalue weighted by molar-refractivity contribution is 5.91. The van der Waals surface area contributed by atoms with Crippen LogP contribution in [0, 0.1) is 6.92 Å². The highest BCUT2D eigenvalue weighted by Crippen LogP contribution is 2.27. The number of carbonyl (C=O) groups is 1. The first kappa shape index (κ1) is 21.1. The van der Waals surface area contributed by atoms with Gasteiger partial charge in [0.1, 0.15) is 5.69 Å². The zero-order chi connectivity index (χ0) is 21.5. The summed E-state index contributed by atoms with van der Waals surface area (Å²) < 4.78 is 11.8. The highest BCUT2D eigenvalue weighted by Gasteiger charge is 2.10. The molecule has 1 heterocycles. The summed E-state index contributed by atoms with van der Waals surface area (Å²) >= 11 is 0. The molecule has 30 heavy (non-hydrogen) atoms. The zero-order valence-electron chi connectivity index (χ0n) is 17.3. The van der Waals surface area contributed by atoms with Crippen LogP contribution in [0.15, 0.2) is 59.4 Å². The number of hydrogen-bond donors (Lipinski definition) is 1. The average Bonchev–Trinajstić information content (AvgIpc) is 2.76. The standard InChI is InChI=1S/C23H25N3O4/c1-16-4-6-18(7-5-16)15-26-22(27)11-9-19(25-26)23(28)24-13-12-17-8-10-20(29-2)21(14-17)30-3/h4-11,14H,12-13,15H2,1-3H3,(H,24,28). The van der Waals surface area contributed by atoms with Gasteiger partial charge in [-0.3, -0.25) is 9.59 Å². The minimum Gasteiger partial charge on any atom is -0.493 e. The Hall–Kier alpha value is -3.61. The number of rotatable bonds is 8. The van der Waals surface area contributed by atoms with Gasteiger partial charge in [0.05, 0.1) is 20.8 Å². The Morgan fingerprint density at radius 3 is 2.37 bits per heavy atom. The van der Waals surface area contributed by atoms with Crippen molar-refractivity contribution >= 4 is 5.91 Å². The minimum absolute atomic E-state index is 0.203. The fourth-order valence-electron chi connectivity index (χ4n) is 3.00. The van der Waals surface area contributed by atoms with Gasteiger partial charge in [-0.2, -0.15) is 5.10 Å². The van der Waals surface area contributed by atoms with Gasteiger partial charge in [-0.05, 0) is 42.7 Å². The molecule has 0 bridgehead atoms. The van der Waals surface area contributed by atoms with Crippen LogP contribution in [-0.4, -0.2) is 36.5 Å². The van der Waals surface area contributed by atoms with Crippen molar-refractivity contribution in [3.63, 3.8) is 0 Å². The van der Waals surface area contributed by atoms with Crippen LogP contribution in [0.2, 0.25) is 0 Å². The zero-order valence-corrected chi connectivity index (χ0v) is 17.3. The number of methoxy groups -OCH3 is 2. The Bertz CT molecular complexity index is 1070. The van der Waals surface area contributed by atoms with Gasteiger partial charge in [-0.25, -0.2) is 4.68 Å². The summed E-state index contributed by atoms with van der Waals surface area (Å²) in [5.74, 6) is 0.977. The lowest BCUT2D eigenvalue weighted by Crippen LogP contribution is -2.31. The second-order valence-electron chi connectivity index (χ2n) is 6.90. The van der Waals surface area contributed by atoms with Gasteiger partial charge < -0.3 is 14.8 Å². The van der Waals surface area contributed by atoms with Gasteiger partial charge in [0, 0.05) is 12.6 Å². The number of aromatic nitrogens is 2. The number of ether oxygens (including phenoxy) is 2. The summed E-state index contributed by atoms with van der Waals surface area (Å²) in [6.07, 6.45) is 0.620.